The van der Waals surface area contributed by atoms with Gasteiger partial charge >= 0.3 is 0 Å². The number of nitrogens with zero attached hydrogens (tertiary/aromatic N) is 3. The second-order valence-corrected chi connectivity index (χ2v) is 14.9. The van der Waals surface area contributed by atoms with Gasteiger partial charge in [0.15, 0.2) is 5.82 Å². The molecule has 0 radical (unpaired) electrons. The Morgan fingerprint density at radius 1 is 0.352 bits per heavy atom. The molecule has 3 aromatic heterocycles. The lowest BCUT2D eigenvalue weighted by Crippen LogP contribution is -1.96. The predicted molar refractivity (Wildman–Crippen MR) is 229 cm³/mol. The van der Waals surface area contributed by atoms with Crippen molar-refractivity contribution in [3.63, 3.8) is 0 Å². The maximum atomic E-state index is 5.31. The minimum Gasteiger partial charge on any atom is -0.309 e. The minimum atomic E-state index is 0.717. The lowest BCUT2D eigenvalue weighted by Gasteiger charge is -2.12. The van der Waals surface area contributed by atoms with Crippen LogP contribution in [0.3, 0.4) is 0 Å². The van der Waals surface area contributed by atoms with Crippen LogP contribution < -0.4 is 0 Å². The first-order valence-electron chi connectivity index (χ1n) is 18.2. The van der Waals surface area contributed by atoms with E-state index in [-0.39, 0.29) is 0 Å². The molecular formula is C50H31N3S. The van der Waals surface area contributed by atoms with Crippen molar-refractivity contribution in [3.05, 3.63) is 188 Å². The SMILES string of the molecule is c1ccc(-c2nc(-c3cccc(-c4ccc5c(c4)sc4ccccc45)c3)nc3ccc(-c4ccc5c(c4)c4ccccc4n5-c4ccccc4)cc23)cc1. The number of thiophene rings is 1. The normalized spacial score (nSPS) is 11.7. The number of fused-ring (bicyclic) bond motifs is 7. The van der Waals surface area contributed by atoms with Crippen molar-refractivity contribution in [1.29, 1.82) is 0 Å². The Balaban J connectivity index is 1.03. The van der Waals surface area contributed by atoms with E-state index in [4.69, 9.17) is 9.97 Å². The number of hydrogen-bond acceptors (Lipinski definition) is 3. The maximum Gasteiger partial charge on any atom is 0.160 e. The molecule has 0 aliphatic rings. The highest BCUT2D eigenvalue weighted by atomic mass is 32.1. The number of para-hydroxylation sites is 2. The highest BCUT2D eigenvalue weighted by Gasteiger charge is 2.16. The zero-order valence-corrected chi connectivity index (χ0v) is 30.0. The van der Waals surface area contributed by atoms with Gasteiger partial charge in [-0.05, 0) is 82.9 Å². The molecule has 0 amide bonds. The van der Waals surface area contributed by atoms with E-state index in [0.717, 1.165) is 50.1 Å². The highest BCUT2D eigenvalue weighted by molar-refractivity contribution is 7.25. The average molecular weight is 706 g/mol. The van der Waals surface area contributed by atoms with Crippen molar-refractivity contribution in [2.45, 2.75) is 0 Å². The molecular weight excluding hydrogens is 675 g/mol. The fourth-order valence-electron chi connectivity index (χ4n) is 8.00. The third-order valence-electron chi connectivity index (χ3n) is 10.6. The van der Waals surface area contributed by atoms with Crippen molar-refractivity contribution in [3.8, 4) is 50.6 Å². The molecule has 0 atom stereocenters. The Labute approximate surface area is 316 Å². The van der Waals surface area contributed by atoms with Crippen LogP contribution in [0, 0.1) is 0 Å². The van der Waals surface area contributed by atoms with Gasteiger partial charge in [0, 0.05) is 53.1 Å². The number of aromatic nitrogens is 3. The summed E-state index contributed by atoms with van der Waals surface area (Å²) in [6.45, 7) is 0. The molecule has 0 aliphatic heterocycles. The summed E-state index contributed by atoms with van der Waals surface area (Å²) in [6, 6.07) is 67.3. The van der Waals surface area contributed by atoms with Gasteiger partial charge in [0.1, 0.15) is 0 Å². The summed E-state index contributed by atoms with van der Waals surface area (Å²) < 4.78 is 4.97. The molecule has 252 valence electrons. The Morgan fingerprint density at radius 2 is 0.963 bits per heavy atom. The summed E-state index contributed by atoms with van der Waals surface area (Å²) >= 11 is 1.85. The largest absolute Gasteiger partial charge is 0.309 e. The van der Waals surface area contributed by atoms with Crippen molar-refractivity contribution in [2.24, 2.45) is 0 Å². The highest BCUT2D eigenvalue weighted by Crippen LogP contribution is 2.39. The van der Waals surface area contributed by atoms with Crippen LogP contribution >= 0.6 is 11.3 Å². The lowest BCUT2D eigenvalue weighted by molar-refractivity contribution is 1.18. The molecule has 3 nitrogen and oxygen atoms in total. The van der Waals surface area contributed by atoms with E-state index in [9.17, 15) is 0 Å². The van der Waals surface area contributed by atoms with Gasteiger partial charge in [0.2, 0.25) is 0 Å². The molecule has 3 heterocycles. The third kappa shape index (κ3) is 5.03. The van der Waals surface area contributed by atoms with E-state index in [1.807, 2.05) is 11.3 Å². The van der Waals surface area contributed by atoms with E-state index in [0.29, 0.717) is 5.82 Å². The molecule has 0 aliphatic carbocycles. The van der Waals surface area contributed by atoms with Gasteiger partial charge < -0.3 is 4.57 Å². The van der Waals surface area contributed by atoms with Crippen molar-refractivity contribution in [2.75, 3.05) is 0 Å². The molecule has 0 unspecified atom stereocenters. The van der Waals surface area contributed by atoms with Crippen LogP contribution in [0.5, 0.6) is 0 Å². The fraction of sp³-hybridized carbons (Fsp3) is 0. The van der Waals surface area contributed by atoms with Crippen LogP contribution in [-0.2, 0) is 0 Å². The zero-order valence-electron chi connectivity index (χ0n) is 29.1. The summed E-state index contributed by atoms with van der Waals surface area (Å²) in [5, 5.41) is 6.12. The Hall–Kier alpha value is -6.88. The molecule has 4 heteroatoms. The van der Waals surface area contributed by atoms with E-state index in [1.54, 1.807) is 0 Å². The Bertz CT molecular complexity index is 3210. The van der Waals surface area contributed by atoms with E-state index >= 15 is 0 Å². The first kappa shape index (κ1) is 30.7. The van der Waals surface area contributed by atoms with Gasteiger partial charge in [-0.1, -0.05) is 127 Å². The Kier molecular flexibility index (Phi) is 7.04. The molecule has 0 bridgehead atoms. The third-order valence-corrected chi connectivity index (χ3v) is 11.7. The smallest absolute Gasteiger partial charge is 0.160 e. The topological polar surface area (TPSA) is 30.7 Å². The molecule has 0 N–H and O–H groups in total. The summed E-state index contributed by atoms with van der Waals surface area (Å²) in [4.78, 5) is 10.5. The van der Waals surface area contributed by atoms with Crippen molar-refractivity contribution < 1.29 is 0 Å². The summed E-state index contributed by atoms with van der Waals surface area (Å²) in [7, 11) is 0. The second-order valence-electron chi connectivity index (χ2n) is 13.8. The van der Waals surface area contributed by atoms with Crippen LogP contribution in [0.4, 0.5) is 0 Å². The van der Waals surface area contributed by atoms with Gasteiger partial charge in [-0.3, -0.25) is 0 Å². The van der Waals surface area contributed by atoms with Gasteiger partial charge in [0.25, 0.3) is 0 Å². The van der Waals surface area contributed by atoms with Crippen LogP contribution in [0.25, 0.3) is 103 Å². The van der Waals surface area contributed by atoms with Crippen molar-refractivity contribution >= 4 is 64.2 Å². The standard InChI is InChI=1S/C50H31N3S/c1-3-12-32(13-4-1)49-43-30-34(35-24-27-46-42(29-35)39-18-7-9-20-45(39)53(46)38-16-5-2-6-17-38)23-26-44(43)51-50(52-49)37-15-11-14-33(28-37)36-22-25-41-40-19-8-10-21-47(40)54-48(41)31-36/h1-31H. The van der Waals surface area contributed by atoms with E-state index in [2.05, 4.69) is 193 Å². The number of rotatable bonds is 5. The number of hydrogen-bond donors (Lipinski definition) is 0. The maximum absolute atomic E-state index is 5.31. The van der Waals surface area contributed by atoms with Crippen molar-refractivity contribution in [1.82, 2.24) is 14.5 Å². The molecule has 54 heavy (non-hydrogen) atoms. The first-order valence-corrected chi connectivity index (χ1v) is 19.1. The van der Waals surface area contributed by atoms with Crippen LogP contribution in [0.1, 0.15) is 0 Å². The van der Waals surface area contributed by atoms with Crippen LogP contribution in [0.2, 0.25) is 0 Å². The molecule has 11 rings (SSSR count). The van der Waals surface area contributed by atoms with E-state index < -0.39 is 0 Å². The van der Waals surface area contributed by atoms with Gasteiger partial charge in [0.05, 0.1) is 22.2 Å². The summed E-state index contributed by atoms with van der Waals surface area (Å²) in [5.74, 6) is 0.717. The molecule has 11 aromatic rings. The summed E-state index contributed by atoms with van der Waals surface area (Å²) in [5.41, 5.74) is 12.1. The molecule has 0 saturated carbocycles. The van der Waals surface area contributed by atoms with E-state index in [1.165, 1.54) is 47.5 Å². The molecule has 0 saturated heterocycles. The zero-order chi connectivity index (χ0) is 35.6. The fourth-order valence-corrected chi connectivity index (χ4v) is 9.15. The Morgan fingerprint density at radius 3 is 1.83 bits per heavy atom. The van der Waals surface area contributed by atoms with Gasteiger partial charge in [-0.2, -0.15) is 0 Å². The number of benzene rings is 8. The molecule has 0 fully saturated rings. The van der Waals surface area contributed by atoms with Crippen LogP contribution in [0.15, 0.2) is 188 Å². The quantitative estimate of drug-likeness (QED) is 0.178. The molecule has 0 spiro atoms. The summed E-state index contributed by atoms with van der Waals surface area (Å²) in [6.07, 6.45) is 0. The minimum absolute atomic E-state index is 0.717. The predicted octanol–water partition coefficient (Wildman–Crippen LogP) is 13.8. The van der Waals surface area contributed by atoms with Gasteiger partial charge in [-0.25, -0.2) is 9.97 Å². The lowest BCUT2D eigenvalue weighted by atomic mass is 9.98. The van der Waals surface area contributed by atoms with Crippen LogP contribution in [-0.4, -0.2) is 14.5 Å². The second kappa shape index (κ2) is 12.4. The molecule has 8 aromatic carbocycles. The first-order chi connectivity index (χ1) is 26.7. The monoisotopic (exact) mass is 705 g/mol. The average Bonchev–Trinajstić information content (AvgIpc) is 3.79. The van der Waals surface area contributed by atoms with Gasteiger partial charge in [-0.15, -0.1) is 11.3 Å².